The van der Waals surface area contributed by atoms with Crippen molar-refractivity contribution in [2.24, 2.45) is 0 Å². The Morgan fingerprint density at radius 1 is 1.41 bits per heavy atom. The highest BCUT2D eigenvalue weighted by Crippen LogP contribution is 2.18. The highest BCUT2D eigenvalue weighted by molar-refractivity contribution is 5.87. The average Bonchev–Trinajstić information content (AvgIpc) is 2.98. The zero-order valence-electron chi connectivity index (χ0n) is 13.1. The van der Waals surface area contributed by atoms with Crippen LogP contribution < -0.4 is 10.2 Å². The van der Waals surface area contributed by atoms with Crippen molar-refractivity contribution in [1.82, 2.24) is 30.2 Å². The van der Waals surface area contributed by atoms with E-state index in [4.69, 9.17) is 0 Å². The Morgan fingerprint density at radius 2 is 2.23 bits per heavy atom. The number of hydrogen-bond acceptors (Lipinski definition) is 6. The third-order valence-corrected chi connectivity index (χ3v) is 4.29. The number of anilines is 1. The van der Waals surface area contributed by atoms with Gasteiger partial charge in [0.25, 0.3) is 0 Å². The van der Waals surface area contributed by atoms with Crippen LogP contribution in [0.25, 0.3) is 11.2 Å². The summed E-state index contributed by atoms with van der Waals surface area (Å²) in [5.74, 6) is 0.793. The predicted molar refractivity (Wildman–Crippen MR) is 83.6 cm³/mol. The fraction of sp³-hybridized carbons (Fsp3) is 0.571. The van der Waals surface area contributed by atoms with E-state index in [0.717, 1.165) is 18.6 Å². The summed E-state index contributed by atoms with van der Waals surface area (Å²) < 4.78 is 0. The van der Waals surface area contributed by atoms with Gasteiger partial charge in [-0.15, -0.1) is 0 Å². The minimum Gasteiger partial charge on any atom is -0.348 e. The quantitative estimate of drug-likeness (QED) is 0.829. The molecule has 1 amide bonds. The number of carbonyl (C=O) groups excluding carboxylic acids is 1. The molecule has 0 bridgehead atoms. The maximum Gasteiger partial charge on any atom is 0.242 e. The van der Waals surface area contributed by atoms with E-state index in [2.05, 4.69) is 39.1 Å². The first kappa shape index (κ1) is 14.7. The molecular weight excluding hydrogens is 282 g/mol. The Kier molecular flexibility index (Phi) is 3.93. The van der Waals surface area contributed by atoms with Gasteiger partial charge in [-0.3, -0.25) is 4.79 Å². The summed E-state index contributed by atoms with van der Waals surface area (Å²) in [5.41, 5.74) is 1.35. The number of aromatic nitrogens is 4. The van der Waals surface area contributed by atoms with E-state index in [-0.39, 0.29) is 18.5 Å². The molecule has 1 fully saturated rings. The van der Waals surface area contributed by atoms with Gasteiger partial charge in [0.05, 0.1) is 12.9 Å². The van der Waals surface area contributed by atoms with E-state index in [1.165, 1.54) is 6.33 Å². The molecule has 0 radical (unpaired) electrons. The van der Waals surface area contributed by atoms with Crippen LogP contribution in [0.1, 0.15) is 13.8 Å². The summed E-state index contributed by atoms with van der Waals surface area (Å²) in [7, 11) is 1.86. The van der Waals surface area contributed by atoms with Gasteiger partial charge in [-0.2, -0.15) is 0 Å². The molecule has 8 heteroatoms. The first-order valence-electron chi connectivity index (χ1n) is 7.46. The van der Waals surface area contributed by atoms with Crippen LogP contribution in [0.5, 0.6) is 0 Å². The predicted octanol–water partition coefficient (Wildman–Crippen LogP) is -0.00210. The fourth-order valence-corrected chi connectivity index (χ4v) is 2.82. The number of H-pyrrole nitrogens is 1. The van der Waals surface area contributed by atoms with Crippen LogP contribution in [0.4, 0.5) is 5.82 Å². The summed E-state index contributed by atoms with van der Waals surface area (Å²) in [6.45, 7) is 6.03. The standard InChI is InChI=1S/C14H21N7O/c1-9-10(2)21(5-4-15-9)11(22)6-20(3)14-12-13(17-7-16-12)18-8-19-14/h7-10,15H,4-6H2,1-3H3,(H,16,17,18,19). The van der Waals surface area contributed by atoms with Gasteiger partial charge in [0, 0.05) is 32.2 Å². The zero-order valence-corrected chi connectivity index (χ0v) is 13.1. The number of piperazine rings is 1. The van der Waals surface area contributed by atoms with Gasteiger partial charge in [-0.25, -0.2) is 15.0 Å². The third-order valence-electron chi connectivity index (χ3n) is 4.29. The molecule has 2 atom stereocenters. The van der Waals surface area contributed by atoms with Crippen LogP contribution in [-0.4, -0.2) is 69.5 Å². The summed E-state index contributed by atoms with van der Waals surface area (Å²) in [6.07, 6.45) is 3.05. The second-order valence-corrected chi connectivity index (χ2v) is 5.73. The molecule has 2 aromatic rings. The van der Waals surface area contributed by atoms with E-state index in [1.807, 2.05) is 16.8 Å². The summed E-state index contributed by atoms with van der Waals surface area (Å²) in [5, 5.41) is 3.38. The topological polar surface area (TPSA) is 90.0 Å². The Morgan fingerprint density at radius 3 is 3.05 bits per heavy atom. The number of likely N-dealkylation sites (N-methyl/N-ethyl adjacent to an activating group) is 1. The smallest absolute Gasteiger partial charge is 0.242 e. The maximum atomic E-state index is 12.6. The molecule has 1 aliphatic rings. The van der Waals surface area contributed by atoms with Gasteiger partial charge < -0.3 is 20.1 Å². The van der Waals surface area contributed by atoms with Crippen molar-refractivity contribution >= 4 is 22.9 Å². The summed E-state index contributed by atoms with van der Waals surface area (Å²) in [6, 6.07) is 0.494. The minimum absolute atomic E-state index is 0.106. The highest BCUT2D eigenvalue weighted by Gasteiger charge is 2.28. The number of rotatable bonds is 3. The molecule has 1 saturated heterocycles. The van der Waals surface area contributed by atoms with Gasteiger partial charge in [0.1, 0.15) is 11.8 Å². The number of carbonyl (C=O) groups is 1. The lowest BCUT2D eigenvalue weighted by Gasteiger charge is -2.39. The van der Waals surface area contributed by atoms with Crippen LogP contribution >= 0.6 is 0 Å². The average molecular weight is 303 g/mol. The molecular formula is C14H21N7O. The van der Waals surface area contributed by atoms with Crippen molar-refractivity contribution in [3.8, 4) is 0 Å². The lowest BCUT2D eigenvalue weighted by Crippen LogP contribution is -2.58. The van der Waals surface area contributed by atoms with Crippen LogP contribution in [-0.2, 0) is 4.79 Å². The van der Waals surface area contributed by atoms with Gasteiger partial charge in [-0.1, -0.05) is 0 Å². The first-order chi connectivity index (χ1) is 10.6. The van der Waals surface area contributed by atoms with Crippen LogP contribution in [0.15, 0.2) is 12.7 Å². The second-order valence-electron chi connectivity index (χ2n) is 5.73. The first-order valence-corrected chi connectivity index (χ1v) is 7.46. The molecule has 0 aromatic carbocycles. The molecule has 0 aliphatic carbocycles. The number of aromatic amines is 1. The highest BCUT2D eigenvalue weighted by atomic mass is 16.2. The van der Waals surface area contributed by atoms with E-state index in [9.17, 15) is 4.79 Å². The molecule has 1 aliphatic heterocycles. The molecule has 8 nitrogen and oxygen atoms in total. The van der Waals surface area contributed by atoms with Crippen LogP contribution in [0.2, 0.25) is 0 Å². The largest absolute Gasteiger partial charge is 0.348 e. The third kappa shape index (κ3) is 2.61. The Bertz CT molecular complexity index is 670. The molecule has 2 unspecified atom stereocenters. The lowest BCUT2D eigenvalue weighted by molar-refractivity contribution is -0.133. The number of hydrogen-bond donors (Lipinski definition) is 2. The maximum absolute atomic E-state index is 12.6. The van der Waals surface area contributed by atoms with E-state index in [0.29, 0.717) is 17.5 Å². The Balaban J connectivity index is 1.75. The van der Waals surface area contributed by atoms with Crippen molar-refractivity contribution in [3.63, 3.8) is 0 Å². The van der Waals surface area contributed by atoms with E-state index >= 15 is 0 Å². The zero-order chi connectivity index (χ0) is 15.7. The monoisotopic (exact) mass is 303 g/mol. The SMILES string of the molecule is CC1NCCN(C(=O)CN(C)c2ncnc3nc[nH]c23)C1C. The molecule has 3 rings (SSSR count). The summed E-state index contributed by atoms with van der Waals surface area (Å²) >= 11 is 0. The van der Waals surface area contributed by atoms with Crippen molar-refractivity contribution in [2.45, 2.75) is 25.9 Å². The Hall–Kier alpha value is -2.22. The number of nitrogens with one attached hydrogen (secondary N) is 2. The number of amides is 1. The molecule has 0 spiro atoms. The molecule has 2 N–H and O–H groups in total. The van der Waals surface area contributed by atoms with Gasteiger partial charge in [-0.05, 0) is 13.8 Å². The number of fused-ring (bicyclic) bond motifs is 1. The molecule has 2 aromatic heterocycles. The number of imidazole rings is 1. The van der Waals surface area contributed by atoms with E-state index < -0.39 is 0 Å². The Labute approximate surface area is 128 Å². The molecule has 22 heavy (non-hydrogen) atoms. The van der Waals surface area contributed by atoms with Crippen molar-refractivity contribution < 1.29 is 4.79 Å². The van der Waals surface area contributed by atoms with Crippen LogP contribution in [0, 0.1) is 0 Å². The molecule has 0 saturated carbocycles. The van der Waals surface area contributed by atoms with Gasteiger partial charge in [0.15, 0.2) is 11.5 Å². The van der Waals surface area contributed by atoms with Crippen LogP contribution in [0.3, 0.4) is 0 Å². The van der Waals surface area contributed by atoms with Gasteiger partial charge >= 0.3 is 0 Å². The normalized spacial score (nSPS) is 22.0. The molecule has 118 valence electrons. The molecule has 3 heterocycles. The van der Waals surface area contributed by atoms with Crippen molar-refractivity contribution in [1.29, 1.82) is 0 Å². The lowest BCUT2D eigenvalue weighted by atomic mass is 10.1. The van der Waals surface area contributed by atoms with Gasteiger partial charge in [0.2, 0.25) is 5.91 Å². The summed E-state index contributed by atoms with van der Waals surface area (Å²) in [4.78, 5) is 31.9. The minimum atomic E-state index is 0.106. The van der Waals surface area contributed by atoms with Crippen molar-refractivity contribution in [3.05, 3.63) is 12.7 Å². The number of nitrogens with zero attached hydrogens (tertiary/aromatic N) is 5. The second kappa shape index (κ2) is 5.88. The van der Waals surface area contributed by atoms with E-state index in [1.54, 1.807) is 6.33 Å². The van der Waals surface area contributed by atoms with Crippen molar-refractivity contribution in [2.75, 3.05) is 31.6 Å². The fourth-order valence-electron chi connectivity index (χ4n) is 2.82.